The highest BCUT2D eigenvalue weighted by Crippen LogP contribution is 2.28. The molecule has 0 saturated carbocycles. The van der Waals surface area contributed by atoms with E-state index in [0.717, 1.165) is 5.69 Å². The summed E-state index contributed by atoms with van der Waals surface area (Å²) in [4.78, 5) is 15.7. The first kappa shape index (κ1) is 12.5. The summed E-state index contributed by atoms with van der Waals surface area (Å²) in [5, 5.41) is 0.245. The van der Waals surface area contributed by atoms with E-state index in [0.29, 0.717) is 6.07 Å². The van der Waals surface area contributed by atoms with Crippen LogP contribution in [0.1, 0.15) is 5.69 Å². The summed E-state index contributed by atoms with van der Waals surface area (Å²) in [5.74, 6) is 0. The number of H-pyrrole nitrogens is 1. The Hall–Kier alpha value is -1.98. The van der Waals surface area contributed by atoms with Gasteiger partial charge in [-0.3, -0.25) is 4.79 Å². The van der Waals surface area contributed by atoms with Gasteiger partial charge in [-0.2, -0.15) is 13.2 Å². The van der Waals surface area contributed by atoms with Crippen molar-refractivity contribution in [2.45, 2.75) is 6.18 Å². The summed E-state index contributed by atoms with van der Waals surface area (Å²) in [6.07, 6.45) is -4.55. The number of nitrogens with one attached hydrogen (secondary N) is 1. The van der Waals surface area contributed by atoms with Crippen LogP contribution in [-0.4, -0.2) is 19.1 Å². The van der Waals surface area contributed by atoms with E-state index in [2.05, 4.69) is 4.98 Å². The number of anilines is 1. The Morgan fingerprint density at radius 3 is 2.39 bits per heavy atom. The molecule has 0 aliphatic rings. The molecule has 1 N–H and O–H groups in total. The van der Waals surface area contributed by atoms with Crippen molar-refractivity contribution in [1.29, 1.82) is 0 Å². The molecular weight excluding hydrogens is 245 g/mol. The van der Waals surface area contributed by atoms with Crippen molar-refractivity contribution in [2.75, 3.05) is 19.0 Å². The van der Waals surface area contributed by atoms with Crippen molar-refractivity contribution < 1.29 is 13.2 Å². The summed E-state index contributed by atoms with van der Waals surface area (Å²) in [6.45, 7) is 0. The smallest absolute Gasteiger partial charge is 0.378 e. The highest BCUT2D eigenvalue weighted by Gasteiger charge is 2.32. The highest BCUT2D eigenvalue weighted by molar-refractivity contribution is 5.82. The average molecular weight is 256 g/mol. The fourth-order valence-corrected chi connectivity index (χ4v) is 1.67. The second kappa shape index (κ2) is 4.04. The van der Waals surface area contributed by atoms with Crippen LogP contribution in [0.5, 0.6) is 0 Å². The van der Waals surface area contributed by atoms with Crippen LogP contribution in [0.3, 0.4) is 0 Å². The molecule has 96 valence electrons. The molecule has 1 aromatic heterocycles. The lowest BCUT2D eigenvalue weighted by molar-refractivity contribution is -0.141. The molecule has 0 saturated heterocycles. The molecule has 0 radical (unpaired) electrons. The second-order valence-corrected chi connectivity index (χ2v) is 4.17. The molecule has 2 rings (SSSR count). The molecule has 0 bridgehead atoms. The number of hydrogen-bond donors (Lipinski definition) is 1. The summed E-state index contributed by atoms with van der Waals surface area (Å²) >= 11 is 0. The van der Waals surface area contributed by atoms with Gasteiger partial charge in [0, 0.05) is 36.8 Å². The summed E-state index contributed by atoms with van der Waals surface area (Å²) in [6, 6.07) is 5.27. The van der Waals surface area contributed by atoms with Gasteiger partial charge in [-0.05, 0) is 18.2 Å². The number of benzene rings is 1. The van der Waals surface area contributed by atoms with Gasteiger partial charge in [-0.1, -0.05) is 0 Å². The standard InChI is InChI=1S/C12H11F3N2O/c1-17(2)7-3-4-9-8(5-7)10(18)6-11(16-9)12(13,14)15/h3-6H,1-2H3,(H,16,18). The van der Waals surface area contributed by atoms with Gasteiger partial charge >= 0.3 is 6.18 Å². The van der Waals surface area contributed by atoms with Crippen LogP contribution in [-0.2, 0) is 6.18 Å². The Morgan fingerprint density at radius 1 is 1.17 bits per heavy atom. The van der Waals surface area contributed by atoms with Crippen molar-refractivity contribution in [3.8, 4) is 0 Å². The molecule has 0 atom stereocenters. The molecule has 2 aromatic rings. The molecule has 3 nitrogen and oxygen atoms in total. The third-order valence-electron chi connectivity index (χ3n) is 2.64. The van der Waals surface area contributed by atoms with E-state index in [4.69, 9.17) is 0 Å². The third kappa shape index (κ3) is 2.18. The highest BCUT2D eigenvalue weighted by atomic mass is 19.4. The second-order valence-electron chi connectivity index (χ2n) is 4.17. The fourth-order valence-electron chi connectivity index (χ4n) is 1.67. The Labute approximate surface area is 101 Å². The monoisotopic (exact) mass is 256 g/mol. The number of pyridine rings is 1. The van der Waals surface area contributed by atoms with Crippen LogP contribution in [0.25, 0.3) is 10.9 Å². The fraction of sp³-hybridized carbons (Fsp3) is 0.250. The number of aromatic nitrogens is 1. The summed E-state index contributed by atoms with van der Waals surface area (Å²) < 4.78 is 37.6. The maximum absolute atomic E-state index is 12.5. The zero-order valence-electron chi connectivity index (χ0n) is 9.80. The van der Waals surface area contributed by atoms with Gasteiger partial charge in [0.1, 0.15) is 5.69 Å². The first-order valence-corrected chi connectivity index (χ1v) is 5.20. The molecular formula is C12H11F3N2O. The molecule has 1 aromatic carbocycles. The van der Waals surface area contributed by atoms with E-state index in [9.17, 15) is 18.0 Å². The Balaban J connectivity index is 2.70. The predicted molar refractivity (Wildman–Crippen MR) is 63.9 cm³/mol. The zero-order chi connectivity index (χ0) is 13.5. The first-order valence-electron chi connectivity index (χ1n) is 5.20. The van der Waals surface area contributed by atoms with E-state index in [-0.39, 0.29) is 10.9 Å². The molecule has 0 amide bonds. The average Bonchev–Trinajstić information content (AvgIpc) is 2.27. The van der Waals surface area contributed by atoms with Crippen LogP contribution in [0, 0.1) is 0 Å². The minimum Gasteiger partial charge on any atom is -0.378 e. The van der Waals surface area contributed by atoms with Crippen LogP contribution in [0.15, 0.2) is 29.1 Å². The lowest BCUT2D eigenvalue weighted by Crippen LogP contribution is -2.15. The Bertz CT molecular complexity index is 644. The normalized spacial score (nSPS) is 11.8. The van der Waals surface area contributed by atoms with Crippen molar-refractivity contribution in [1.82, 2.24) is 4.98 Å². The number of rotatable bonds is 1. The van der Waals surface area contributed by atoms with Crippen molar-refractivity contribution >= 4 is 16.6 Å². The molecule has 6 heteroatoms. The number of hydrogen-bond acceptors (Lipinski definition) is 2. The molecule has 18 heavy (non-hydrogen) atoms. The van der Waals surface area contributed by atoms with Crippen molar-refractivity contribution in [3.05, 3.63) is 40.2 Å². The summed E-state index contributed by atoms with van der Waals surface area (Å²) in [5.41, 5.74) is -0.731. The molecule has 0 unspecified atom stereocenters. The van der Waals surface area contributed by atoms with Crippen LogP contribution in [0.4, 0.5) is 18.9 Å². The van der Waals surface area contributed by atoms with E-state index >= 15 is 0 Å². The maximum Gasteiger partial charge on any atom is 0.431 e. The van der Waals surface area contributed by atoms with E-state index in [1.165, 1.54) is 6.07 Å². The minimum absolute atomic E-state index is 0.181. The van der Waals surface area contributed by atoms with Gasteiger partial charge < -0.3 is 9.88 Å². The number of fused-ring (bicyclic) bond motifs is 1. The van der Waals surface area contributed by atoms with Crippen molar-refractivity contribution in [2.24, 2.45) is 0 Å². The number of alkyl halides is 3. The Kier molecular flexibility index (Phi) is 2.80. The SMILES string of the molecule is CN(C)c1ccc2[nH]c(C(F)(F)F)cc(=O)c2c1. The lowest BCUT2D eigenvalue weighted by Gasteiger charge is -2.13. The van der Waals surface area contributed by atoms with Gasteiger partial charge in [0.2, 0.25) is 0 Å². The van der Waals surface area contributed by atoms with E-state index in [1.807, 2.05) is 0 Å². The van der Waals surface area contributed by atoms with E-state index < -0.39 is 17.3 Å². The molecule has 0 aliphatic heterocycles. The molecule has 0 aliphatic carbocycles. The zero-order valence-corrected chi connectivity index (χ0v) is 9.80. The third-order valence-corrected chi connectivity index (χ3v) is 2.64. The lowest BCUT2D eigenvalue weighted by atomic mass is 10.1. The largest absolute Gasteiger partial charge is 0.431 e. The van der Waals surface area contributed by atoms with E-state index in [1.54, 1.807) is 31.1 Å². The number of nitrogens with zero attached hydrogens (tertiary/aromatic N) is 1. The van der Waals surface area contributed by atoms with Crippen LogP contribution < -0.4 is 10.3 Å². The quantitative estimate of drug-likeness (QED) is 0.851. The van der Waals surface area contributed by atoms with Gasteiger partial charge in [0.05, 0.1) is 0 Å². The first-order chi connectivity index (χ1) is 8.29. The van der Waals surface area contributed by atoms with Crippen molar-refractivity contribution in [3.63, 3.8) is 0 Å². The molecule has 1 heterocycles. The molecule has 0 spiro atoms. The minimum atomic E-state index is -4.55. The Morgan fingerprint density at radius 2 is 1.83 bits per heavy atom. The number of halogens is 3. The maximum atomic E-state index is 12.5. The summed E-state index contributed by atoms with van der Waals surface area (Å²) in [7, 11) is 3.58. The van der Waals surface area contributed by atoms with Gasteiger partial charge in [-0.15, -0.1) is 0 Å². The van der Waals surface area contributed by atoms with Gasteiger partial charge in [0.25, 0.3) is 0 Å². The van der Waals surface area contributed by atoms with Gasteiger partial charge in [-0.25, -0.2) is 0 Å². The van der Waals surface area contributed by atoms with Crippen LogP contribution in [0.2, 0.25) is 0 Å². The topological polar surface area (TPSA) is 36.1 Å². The molecule has 0 fully saturated rings. The van der Waals surface area contributed by atoms with Crippen LogP contribution >= 0.6 is 0 Å². The number of aromatic amines is 1. The predicted octanol–water partition coefficient (Wildman–Crippen LogP) is 2.61. The van der Waals surface area contributed by atoms with Gasteiger partial charge in [0.15, 0.2) is 5.43 Å².